The van der Waals surface area contributed by atoms with Crippen LogP contribution in [-0.4, -0.2) is 35.2 Å². The van der Waals surface area contributed by atoms with Gasteiger partial charge in [-0.3, -0.25) is 0 Å². The second kappa shape index (κ2) is 4.85. The first kappa shape index (κ1) is 11.4. The van der Waals surface area contributed by atoms with Gasteiger partial charge in [-0.1, -0.05) is 13.0 Å². The Hall–Kier alpha value is -1.07. The molecule has 16 heavy (non-hydrogen) atoms. The number of hydrogen-bond donors (Lipinski definition) is 2. The molecule has 0 saturated carbocycles. The molecule has 0 atom stereocenters. The summed E-state index contributed by atoms with van der Waals surface area (Å²) in [7, 11) is -1.44. The minimum Gasteiger partial charge on any atom is -0.423 e. The molecule has 0 unspecified atom stereocenters. The largest absolute Gasteiger partial charge is 0.492 e. The molecule has 0 spiro atoms. The Balaban J connectivity index is 2.19. The van der Waals surface area contributed by atoms with E-state index < -0.39 is 7.12 Å². The normalized spacial score (nSPS) is 17.6. The molecule has 2 N–H and O–H groups in total. The number of hydrogen-bond acceptors (Lipinski definition) is 4. The first-order chi connectivity index (χ1) is 7.68. The zero-order valence-electron chi connectivity index (χ0n) is 9.50. The number of pyridine rings is 1. The third-order valence-electron chi connectivity index (χ3n) is 3.18. The topological polar surface area (TPSA) is 56.6 Å². The summed E-state index contributed by atoms with van der Waals surface area (Å²) < 4.78 is 0. The van der Waals surface area contributed by atoms with Crippen molar-refractivity contribution in [3.05, 3.63) is 18.3 Å². The van der Waals surface area contributed by atoms with Gasteiger partial charge in [-0.05, 0) is 24.8 Å². The van der Waals surface area contributed by atoms with Crippen molar-refractivity contribution >= 4 is 18.4 Å². The van der Waals surface area contributed by atoms with Gasteiger partial charge in [0.1, 0.15) is 5.82 Å². The molecule has 0 amide bonds. The highest BCUT2D eigenvalue weighted by Crippen LogP contribution is 2.19. The number of anilines is 1. The van der Waals surface area contributed by atoms with E-state index in [0.717, 1.165) is 31.8 Å². The summed E-state index contributed by atoms with van der Waals surface area (Å²) in [5.74, 6) is 1.46. The predicted molar refractivity (Wildman–Crippen MR) is 64.7 cm³/mol. The fraction of sp³-hybridized carbons (Fsp3) is 0.545. The Labute approximate surface area is 96.1 Å². The SMILES string of the molecule is CC1CCN(c2ncccc2B(O)O)CC1. The van der Waals surface area contributed by atoms with Gasteiger partial charge >= 0.3 is 7.12 Å². The molecule has 0 aliphatic carbocycles. The second-order valence-electron chi connectivity index (χ2n) is 4.46. The fourth-order valence-corrected chi connectivity index (χ4v) is 2.10. The van der Waals surface area contributed by atoms with Crippen molar-refractivity contribution in [2.75, 3.05) is 18.0 Å². The first-order valence-corrected chi connectivity index (χ1v) is 5.74. The summed E-state index contributed by atoms with van der Waals surface area (Å²) in [4.78, 5) is 6.39. The summed E-state index contributed by atoms with van der Waals surface area (Å²) in [6, 6.07) is 3.44. The molecular weight excluding hydrogens is 203 g/mol. The van der Waals surface area contributed by atoms with E-state index in [9.17, 15) is 10.0 Å². The second-order valence-corrected chi connectivity index (χ2v) is 4.46. The maximum absolute atomic E-state index is 9.28. The zero-order valence-corrected chi connectivity index (χ0v) is 9.50. The molecule has 1 aromatic heterocycles. The molecule has 1 aliphatic heterocycles. The Morgan fingerprint density at radius 1 is 1.38 bits per heavy atom. The summed E-state index contributed by atoms with van der Waals surface area (Å²) in [6.07, 6.45) is 3.97. The Morgan fingerprint density at radius 2 is 2.06 bits per heavy atom. The molecule has 1 aromatic rings. The van der Waals surface area contributed by atoms with Crippen LogP contribution < -0.4 is 10.4 Å². The Morgan fingerprint density at radius 3 is 2.69 bits per heavy atom. The summed E-state index contributed by atoms with van der Waals surface area (Å²) >= 11 is 0. The molecule has 0 aromatic carbocycles. The molecule has 86 valence electrons. The number of rotatable bonds is 2. The van der Waals surface area contributed by atoms with Gasteiger partial charge in [0.15, 0.2) is 0 Å². The Bertz CT molecular complexity index is 352. The Kier molecular flexibility index (Phi) is 3.46. The zero-order chi connectivity index (χ0) is 11.5. The lowest BCUT2D eigenvalue weighted by Crippen LogP contribution is -2.41. The highest BCUT2D eigenvalue weighted by atomic mass is 16.4. The summed E-state index contributed by atoms with van der Waals surface area (Å²) in [5, 5.41) is 18.6. The lowest BCUT2D eigenvalue weighted by atomic mass is 9.80. The van der Waals surface area contributed by atoms with Gasteiger partial charge in [0.2, 0.25) is 0 Å². The fourth-order valence-electron chi connectivity index (χ4n) is 2.10. The number of piperidine rings is 1. The number of nitrogens with zero attached hydrogens (tertiary/aromatic N) is 2. The molecule has 1 aliphatic rings. The highest BCUT2D eigenvalue weighted by Gasteiger charge is 2.23. The van der Waals surface area contributed by atoms with Gasteiger partial charge in [0, 0.05) is 24.7 Å². The van der Waals surface area contributed by atoms with Crippen molar-refractivity contribution in [3.63, 3.8) is 0 Å². The monoisotopic (exact) mass is 220 g/mol. The molecular formula is C11H17BN2O2. The van der Waals surface area contributed by atoms with Crippen molar-refractivity contribution in [1.82, 2.24) is 4.98 Å². The number of aromatic nitrogens is 1. The van der Waals surface area contributed by atoms with Gasteiger partial charge in [-0.15, -0.1) is 0 Å². The molecule has 1 fully saturated rings. The van der Waals surface area contributed by atoms with E-state index >= 15 is 0 Å². The highest BCUT2D eigenvalue weighted by molar-refractivity contribution is 6.60. The smallest absolute Gasteiger partial charge is 0.423 e. The van der Waals surface area contributed by atoms with Crippen LogP contribution in [-0.2, 0) is 0 Å². The van der Waals surface area contributed by atoms with Crippen LogP contribution in [0.15, 0.2) is 18.3 Å². The van der Waals surface area contributed by atoms with E-state index in [1.165, 1.54) is 0 Å². The van der Waals surface area contributed by atoms with Gasteiger partial charge in [-0.2, -0.15) is 0 Å². The van der Waals surface area contributed by atoms with Crippen LogP contribution in [0.3, 0.4) is 0 Å². The van der Waals surface area contributed by atoms with Gasteiger partial charge < -0.3 is 14.9 Å². The van der Waals surface area contributed by atoms with E-state index in [-0.39, 0.29) is 0 Å². The van der Waals surface area contributed by atoms with Crippen LogP contribution in [0, 0.1) is 5.92 Å². The molecule has 2 heterocycles. The summed E-state index contributed by atoms with van der Waals surface area (Å²) in [6.45, 7) is 4.13. The van der Waals surface area contributed by atoms with Crippen molar-refractivity contribution in [3.8, 4) is 0 Å². The lowest BCUT2D eigenvalue weighted by Gasteiger charge is -2.32. The van der Waals surface area contributed by atoms with Crippen molar-refractivity contribution < 1.29 is 10.0 Å². The van der Waals surface area contributed by atoms with Crippen LogP contribution in [0.4, 0.5) is 5.82 Å². The average molecular weight is 220 g/mol. The van der Waals surface area contributed by atoms with Crippen LogP contribution in [0.1, 0.15) is 19.8 Å². The predicted octanol–water partition coefficient (Wildman–Crippen LogP) is -0.00230. The quantitative estimate of drug-likeness (QED) is 0.688. The van der Waals surface area contributed by atoms with Gasteiger partial charge in [-0.25, -0.2) is 4.98 Å². The molecule has 0 bridgehead atoms. The maximum Gasteiger partial charge on any atom is 0.492 e. The van der Waals surface area contributed by atoms with E-state index in [2.05, 4.69) is 16.8 Å². The third kappa shape index (κ3) is 2.36. The van der Waals surface area contributed by atoms with Gasteiger partial charge in [0.05, 0.1) is 0 Å². The van der Waals surface area contributed by atoms with Crippen molar-refractivity contribution in [2.24, 2.45) is 5.92 Å². The minimum absolute atomic E-state index is 0.497. The van der Waals surface area contributed by atoms with Crippen LogP contribution >= 0.6 is 0 Å². The molecule has 2 rings (SSSR count). The standard InChI is InChI=1S/C11H17BN2O2/c1-9-4-7-14(8-5-9)11-10(12(15)16)3-2-6-13-11/h2-3,6,9,15-16H,4-5,7-8H2,1H3. The molecule has 4 nitrogen and oxygen atoms in total. The van der Waals surface area contributed by atoms with E-state index in [4.69, 9.17) is 0 Å². The van der Waals surface area contributed by atoms with Crippen LogP contribution in [0.5, 0.6) is 0 Å². The summed E-state index contributed by atoms with van der Waals surface area (Å²) in [5.41, 5.74) is 0.497. The van der Waals surface area contributed by atoms with Crippen molar-refractivity contribution in [2.45, 2.75) is 19.8 Å². The van der Waals surface area contributed by atoms with Gasteiger partial charge in [0.25, 0.3) is 0 Å². The first-order valence-electron chi connectivity index (χ1n) is 5.74. The van der Waals surface area contributed by atoms with Crippen LogP contribution in [0.2, 0.25) is 0 Å². The van der Waals surface area contributed by atoms with E-state index in [1.54, 1.807) is 18.3 Å². The van der Waals surface area contributed by atoms with E-state index in [0.29, 0.717) is 11.3 Å². The molecule has 1 saturated heterocycles. The lowest BCUT2D eigenvalue weighted by molar-refractivity contribution is 0.423. The molecule has 5 heteroatoms. The van der Waals surface area contributed by atoms with Crippen LogP contribution in [0.25, 0.3) is 0 Å². The minimum atomic E-state index is -1.44. The van der Waals surface area contributed by atoms with E-state index in [1.807, 2.05) is 0 Å². The average Bonchev–Trinajstić information content (AvgIpc) is 2.30. The third-order valence-corrected chi connectivity index (χ3v) is 3.18. The molecule has 0 radical (unpaired) electrons. The van der Waals surface area contributed by atoms with Crippen molar-refractivity contribution in [1.29, 1.82) is 0 Å². The maximum atomic E-state index is 9.28.